The standard InChI is InChI=1S/C20H25N3O3/c21-18-6-3-5-16(14-18)20(24)22-15-17-4-1-2-7-19(17)26-13-10-23-8-11-25-12-9-23/h1-7,14H,8-13,15,21H2,(H,22,24). The molecule has 1 aliphatic heterocycles. The fourth-order valence-corrected chi connectivity index (χ4v) is 2.86. The number of nitrogens with two attached hydrogens (primary N) is 1. The van der Waals surface area contributed by atoms with Gasteiger partial charge in [0.1, 0.15) is 12.4 Å². The van der Waals surface area contributed by atoms with E-state index in [1.807, 2.05) is 24.3 Å². The molecule has 0 atom stereocenters. The Morgan fingerprint density at radius 3 is 2.77 bits per heavy atom. The van der Waals surface area contributed by atoms with Crippen molar-refractivity contribution in [2.24, 2.45) is 0 Å². The second-order valence-corrected chi connectivity index (χ2v) is 6.22. The van der Waals surface area contributed by atoms with E-state index < -0.39 is 0 Å². The van der Waals surface area contributed by atoms with E-state index in [1.54, 1.807) is 24.3 Å². The molecule has 0 aliphatic carbocycles. The summed E-state index contributed by atoms with van der Waals surface area (Å²) < 4.78 is 11.3. The van der Waals surface area contributed by atoms with E-state index in [1.165, 1.54) is 0 Å². The molecule has 0 radical (unpaired) electrons. The van der Waals surface area contributed by atoms with Gasteiger partial charge in [-0.3, -0.25) is 9.69 Å². The second kappa shape index (κ2) is 9.22. The molecular weight excluding hydrogens is 330 g/mol. The van der Waals surface area contributed by atoms with Crippen molar-refractivity contribution in [2.45, 2.75) is 6.54 Å². The minimum absolute atomic E-state index is 0.152. The van der Waals surface area contributed by atoms with E-state index in [4.69, 9.17) is 15.2 Å². The van der Waals surface area contributed by atoms with Crippen LogP contribution in [0, 0.1) is 0 Å². The first-order chi connectivity index (χ1) is 12.7. The lowest BCUT2D eigenvalue weighted by Gasteiger charge is -2.26. The molecule has 0 unspecified atom stereocenters. The highest BCUT2D eigenvalue weighted by Gasteiger charge is 2.11. The van der Waals surface area contributed by atoms with E-state index in [0.29, 0.717) is 24.4 Å². The predicted octanol–water partition coefficient (Wildman–Crippen LogP) is 1.91. The maximum atomic E-state index is 12.3. The largest absolute Gasteiger partial charge is 0.492 e. The van der Waals surface area contributed by atoms with Crippen LogP contribution in [0.15, 0.2) is 48.5 Å². The Hall–Kier alpha value is -2.57. The van der Waals surface area contributed by atoms with E-state index in [-0.39, 0.29) is 5.91 Å². The number of benzene rings is 2. The van der Waals surface area contributed by atoms with Gasteiger partial charge in [-0.05, 0) is 24.3 Å². The van der Waals surface area contributed by atoms with Gasteiger partial charge < -0.3 is 20.5 Å². The number of carbonyl (C=O) groups is 1. The number of ether oxygens (including phenoxy) is 2. The molecule has 0 saturated carbocycles. The van der Waals surface area contributed by atoms with Gasteiger partial charge in [0.25, 0.3) is 5.91 Å². The molecule has 1 saturated heterocycles. The van der Waals surface area contributed by atoms with Crippen molar-refractivity contribution >= 4 is 11.6 Å². The van der Waals surface area contributed by atoms with Crippen molar-refractivity contribution < 1.29 is 14.3 Å². The minimum atomic E-state index is -0.152. The van der Waals surface area contributed by atoms with Crippen LogP contribution in [0.25, 0.3) is 0 Å². The molecule has 0 aromatic heterocycles. The summed E-state index contributed by atoms with van der Waals surface area (Å²) in [6, 6.07) is 14.7. The molecule has 2 aromatic carbocycles. The summed E-state index contributed by atoms with van der Waals surface area (Å²) in [4.78, 5) is 14.6. The van der Waals surface area contributed by atoms with Crippen LogP contribution >= 0.6 is 0 Å². The quantitative estimate of drug-likeness (QED) is 0.742. The summed E-state index contributed by atoms with van der Waals surface area (Å²) in [6.07, 6.45) is 0. The van der Waals surface area contributed by atoms with Crippen LogP contribution in [0.1, 0.15) is 15.9 Å². The number of nitrogens with zero attached hydrogens (tertiary/aromatic N) is 1. The van der Waals surface area contributed by atoms with Crippen molar-refractivity contribution in [3.05, 3.63) is 59.7 Å². The van der Waals surface area contributed by atoms with E-state index >= 15 is 0 Å². The van der Waals surface area contributed by atoms with Crippen LogP contribution in [0.5, 0.6) is 5.75 Å². The maximum absolute atomic E-state index is 12.3. The Morgan fingerprint density at radius 1 is 1.15 bits per heavy atom. The van der Waals surface area contributed by atoms with Crippen molar-refractivity contribution in [2.75, 3.05) is 45.2 Å². The zero-order valence-electron chi connectivity index (χ0n) is 14.8. The molecule has 0 bridgehead atoms. The third-order valence-electron chi connectivity index (χ3n) is 4.33. The first-order valence-electron chi connectivity index (χ1n) is 8.87. The summed E-state index contributed by atoms with van der Waals surface area (Å²) in [6.45, 7) is 5.34. The highest BCUT2D eigenvalue weighted by molar-refractivity contribution is 5.94. The van der Waals surface area contributed by atoms with E-state index in [9.17, 15) is 4.79 Å². The lowest BCUT2D eigenvalue weighted by atomic mass is 10.1. The number of nitrogens with one attached hydrogen (secondary N) is 1. The zero-order valence-corrected chi connectivity index (χ0v) is 14.8. The Labute approximate surface area is 153 Å². The van der Waals surface area contributed by atoms with Gasteiger partial charge in [-0.25, -0.2) is 0 Å². The van der Waals surface area contributed by atoms with E-state index in [0.717, 1.165) is 44.2 Å². The van der Waals surface area contributed by atoms with Gasteiger partial charge >= 0.3 is 0 Å². The SMILES string of the molecule is Nc1cccc(C(=O)NCc2ccccc2OCCN2CCOCC2)c1. The molecule has 6 nitrogen and oxygen atoms in total. The summed E-state index contributed by atoms with van der Waals surface area (Å²) >= 11 is 0. The smallest absolute Gasteiger partial charge is 0.251 e. The summed E-state index contributed by atoms with van der Waals surface area (Å²) in [7, 11) is 0. The molecule has 0 spiro atoms. The number of para-hydroxylation sites is 1. The number of anilines is 1. The predicted molar refractivity (Wildman–Crippen MR) is 101 cm³/mol. The monoisotopic (exact) mass is 355 g/mol. The van der Waals surface area contributed by atoms with Gasteiger partial charge in [0.05, 0.1) is 13.2 Å². The number of carbonyl (C=O) groups excluding carboxylic acids is 1. The lowest BCUT2D eigenvalue weighted by molar-refractivity contribution is 0.0322. The fraction of sp³-hybridized carbons (Fsp3) is 0.350. The summed E-state index contributed by atoms with van der Waals surface area (Å²) in [5.41, 5.74) is 7.81. The van der Waals surface area contributed by atoms with Crippen LogP contribution in [0.3, 0.4) is 0 Å². The fourth-order valence-electron chi connectivity index (χ4n) is 2.86. The summed E-state index contributed by atoms with van der Waals surface area (Å²) in [5, 5.41) is 2.92. The third-order valence-corrected chi connectivity index (χ3v) is 4.33. The van der Waals surface area contributed by atoms with Crippen LogP contribution in [-0.2, 0) is 11.3 Å². The molecule has 6 heteroatoms. The molecule has 1 amide bonds. The first-order valence-corrected chi connectivity index (χ1v) is 8.87. The highest BCUT2D eigenvalue weighted by atomic mass is 16.5. The molecule has 138 valence electrons. The minimum Gasteiger partial charge on any atom is -0.492 e. The maximum Gasteiger partial charge on any atom is 0.251 e. The van der Waals surface area contributed by atoms with Crippen molar-refractivity contribution in [1.82, 2.24) is 10.2 Å². The number of hydrogen-bond donors (Lipinski definition) is 2. The number of hydrogen-bond acceptors (Lipinski definition) is 5. The average molecular weight is 355 g/mol. The number of amides is 1. The van der Waals surface area contributed by atoms with Gasteiger partial charge in [0.2, 0.25) is 0 Å². The number of rotatable bonds is 7. The average Bonchev–Trinajstić information content (AvgIpc) is 2.68. The Bertz CT molecular complexity index is 730. The van der Waals surface area contributed by atoms with E-state index in [2.05, 4.69) is 10.2 Å². The zero-order chi connectivity index (χ0) is 18.2. The molecule has 2 aromatic rings. The lowest BCUT2D eigenvalue weighted by Crippen LogP contribution is -2.38. The molecule has 3 N–H and O–H groups in total. The van der Waals surface area contributed by atoms with Crippen LogP contribution in [0.2, 0.25) is 0 Å². The molecule has 3 rings (SSSR count). The molecule has 26 heavy (non-hydrogen) atoms. The Kier molecular flexibility index (Phi) is 6.46. The molecule has 1 fully saturated rings. The number of nitrogen functional groups attached to an aromatic ring is 1. The van der Waals surface area contributed by atoms with Crippen molar-refractivity contribution in [1.29, 1.82) is 0 Å². The highest BCUT2D eigenvalue weighted by Crippen LogP contribution is 2.18. The van der Waals surface area contributed by atoms with Gasteiger partial charge in [-0.2, -0.15) is 0 Å². The molecule has 1 heterocycles. The topological polar surface area (TPSA) is 76.8 Å². The van der Waals surface area contributed by atoms with Crippen LogP contribution in [0.4, 0.5) is 5.69 Å². The molecular formula is C20H25N3O3. The number of morpholine rings is 1. The normalized spacial score (nSPS) is 14.8. The third kappa shape index (κ3) is 5.21. The van der Waals surface area contributed by atoms with Gasteiger partial charge in [-0.1, -0.05) is 24.3 Å². The van der Waals surface area contributed by atoms with Crippen LogP contribution in [-0.4, -0.2) is 50.3 Å². The molecule has 1 aliphatic rings. The first kappa shape index (κ1) is 18.2. The van der Waals surface area contributed by atoms with Gasteiger partial charge in [-0.15, -0.1) is 0 Å². The van der Waals surface area contributed by atoms with Crippen molar-refractivity contribution in [3.8, 4) is 5.75 Å². The van der Waals surface area contributed by atoms with Crippen LogP contribution < -0.4 is 15.8 Å². The summed E-state index contributed by atoms with van der Waals surface area (Å²) in [5.74, 6) is 0.647. The Morgan fingerprint density at radius 2 is 1.96 bits per heavy atom. The van der Waals surface area contributed by atoms with Crippen molar-refractivity contribution in [3.63, 3.8) is 0 Å². The second-order valence-electron chi connectivity index (χ2n) is 6.22. The van der Waals surface area contributed by atoms with Gasteiger partial charge in [0, 0.05) is 43.0 Å². The van der Waals surface area contributed by atoms with Gasteiger partial charge in [0.15, 0.2) is 0 Å². The Balaban J connectivity index is 1.52.